The molecule has 0 aromatic heterocycles. The van der Waals surface area contributed by atoms with Crippen LogP contribution in [0.5, 0.6) is 5.75 Å². The number of carbonyl (C=O) groups excluding carboxylic acids is 2. The van der Waals surface area contributed by atoms with Gasteiger partial charge in [-0.3, -0.25) is 9.59 Å². The van der Waals surface area contributed by atoms with Crippen molar-refractivity contribution in [1.82, 2.24) is 0 Å². The minimum Gasteiger partial charge on any atom is -0.459 e. The quantitative estimate of drug-likeness (QED) is 0.159. The van der Waals surface area contributed by atoms with Gasteiger partial charge in [-0.15, -0.1) is 0 Å². The van der Waals surface area contributed by atoms with E-state index in [-0.39, 0.29) is 28.7 Å². The fourth-order valence-corrected chi connectivity index (χ4v) is 6.56. The number of rotatable bonds is 14. The van der Waals surface area contributed by atoms with E-state index < -0.39 is 11.0 Å². The van der Waals surface area contributed by atoms with Crippen LogP contribution in [0.25, 0.3) is 0 Å². The van der Waals surface area contributed by atoms with Crippen molar-refractivity contribution in [3.8, 4) is 5.75 Å². The fraction of sp³-hybridized carbons (Fsp3) is 0.650. The molecule has 2 aromatic rings. The van der Waals surface area contributed by atoms with Gasteiger partial charge >= 0.3 is 11.9 Å². The summed E-state index contributed by atoms with van der Waals surface area (Å²) in [6.45, 7) is 31.8. The van der Waals surface area contributed by atoms with E-state index in [0.717, 1.165) is 36.8 Å². The minimum absolute atomic E-state index is 0.173. The molecule has 1 unspecified atom stereocenters. The highest BCUT2D eigenvalue weighted by atomic mass is 16.6. The van der Waals surface area contributed by atoms with Crippen molar-refractivity contribution in [2.45, 2.75) is 159 Å². The molecule has 0 bridgehead atoms. The molecular weight excluding hydrogens is 544 g/mol. The summed E-state index contributed by atoms with van der Waals surface area (Å²) in [4.78, 5) is 26.7. The van der Waals surface area contributed by atoms with E-state index in [2.05, 4.69) is 72.7 Å². The first kappa shape index (κ1) is 37.6. The lowest BCUT2D eigenvalue weighted by atomic mass is 9.70. The monoisotopic (exact) mass is 606 g/mol. The second-order valence-electron chi connectivity index (χ2n) is 15.0. The number of esters is 2. The van der Waals surface area contributed by atoms with Crippen molar-refractivity contribution in [2.24, 2.45) is 11.3 Å². The third-order valence-corrected chi connectivity index (χ3v) is 10.8. The zero-order valence-electron chi connectivity index (χ0n) is 30.8. The highest BCUT2D eigenvalue weighted by Crippen LogP contribution is 2.41. The molecule has 0 aliphatic heterocycles. The molecule has 4 nitrogen and oxygen atoms in total. The molecule has 0 aliphatic carbocycles. The highest BCUT2D eigenvalue weighted by molar-refractivity contribution is 5.81. The second-order valence-corrected chi connectivity index (χ2v) is 15.0. The molecule has 4 heteroatoms. The number of ether oxygens (including phenoxy) is 2. The van der Waals surface area contributed by atoms with Gasteiger partial charge in [-0.25, -0.2) is 0 Å². The molecule has 1 atom stereocenters. The molecule has 0 N–H and O–H groups in total. The van der Waals surface area contributed by atoms with Crippen LogP contribution >= 0.6 is 0 Å². The Balaban J connectivity index is 2.36. The number of benzene rings is 2. The Morgan fingerprint density at radius 2 is 1.11 bits per heavy atom. The van der Waals surface area contributed by atoms with Gasteiger partial charge in [0.15, 0.2) is 0 Å². The predicted molar refractivity (Wildman–Crippen MR) is 185 cm³/mol. The van der Waals surface area contributed by atoms with Gasteiger partial charge in [-0.2, -0.15) is 0 Å². The van der Waals surface area contributed by atoms with Crippen LogP contribution in [0.3, 0.4) is 0 Å². The summed E-state index contributed by atoms with van der Waals surface area (Å²) in [5.74, 6) is -0.322. The molecule has 0 saturated carbocycles. The van der Waals surface area contributed by atoms with Crippen LogP contribution in [0.1, 0.15) is 154 Å². The smallest absolute Gasteiger partial charge is 0.316 e. The third kappa shape index (κ3) is 7.96. The topological polar surface area (TPSA) is 52.6 Å². The SMILES string of the molecule is CCC(CC(C)(C)C(=O)Oc1c(C)cc(C(C)(C)c2cc(C)c(C(C)(CC)CC)c(C)c2)cc1C)C(=O)OC(C)(CC)CC. The highest BCUT2D eigenvalue weighted by Gasteiger charge is 2.38. The van der Waals surface area contributed by atoms with Crippen molar-refractivity contribution < 1.29 is 19.1 Å². The fourth-order valence-electron chi connectivity index (χ4n) is 6.56. The molecule has 0 heterocycles. The molecular formula is C40H62O4. The molecule has 2 rings (SSSR count). The van der Waals surface area contributed by atoms with E-state index in [1.807, 2.05) is 55.4 Å². The van der Waals surface area contributed by atoms with Gasteiger partial charge in [0.25, 0.3) is 0 Å². The van der Waals surface area contributed by atoms with Gasteiger partial charge in [0.1, 0.15) is 11.4 Å². The van der Waals surface area contributed by atoms with Crippen molar-refractivity contribution in [3.05, 3.63) is 63.2 Å². The Morgan fingerprint density at radius 1 is 0.682 bits per heavy atom. The average Bonchev–Trinajstić information content (AvgIpc) is 2.96. The zero-order valence-corrected chi connectivity index (χ0v) is 30.8. The summed E-state index contributed by atoms with van der Waals surface area (Å²) in [5, 5.41) is 0. The molecule has 246 valence electrons. The van der Waals surface area contributed by atoms with Gasteiger partial charge in [0, 0.05) is 5.41 Å². The van der Waals surface area contributed by atoms with E-state index in [9.17, 15) is 9.59 Å². The number of hydrogen-bond donors (Lipinski definition) is 0. The Hall–Kier alpha value is -2.62. The first-order chi connectivity index (χ1) is 20.2. The lowest BCUT2D eigenvalue weighted by Gasteiger charge is -2.34. The normalized spacial score (nSPS) is 13.5. The predicted octanol–water partition coefficient (Wildman–Crippen LogP) is 10.8. The molecule has 0 fully saturated rings. The molecule has 44 heavy (non-hydrogen) atoms. The minimum atomic E-state index is -0.854. The molecule has 0 saturated heterocycles. The van der Waals surface area contributed by atoms with E-state index in [4.69, 9.17) is 9.47 Å². The van der Waals surface area contributed by atoms with Crippen LogP contribution in [-0.2, 0) is 25.2 Å². The van der Waals surface area contributed by atoms with E-state index in [1.54, 1.807) is 0 Å². The summed E-state index contributed by atoms with van der Waals surface area (Å²) in [5.41, 5.74) is 7.12. The van der Waals surface area contributed by atoms with E-state index in [1.165, 1.54) is 27.8 Å². The van der Waals surface area contributed by atoms with Crippen molar-refractivity contribution >= 4 is 11.9 Å². The Kier molecular flexibility index (Phi) is 12.1. The first-order valence-electron chi connectivity index (χ1n) is 16.9. The molecule has 0 spiro atoms. The van der Waals surface area contributed by atoms with Gasteiger partial charge in [0.05, 0.1) is 11.3 Å². The average molecular weight is 607 g/mol. The zero-order chi connectivity index (χ0) is 33.8. The van der Waals surface area contributed by atoms with Crippen molar-refractivity contribution in [3.63, 3.8) is 0 Å². The Labute approximate surface area is 269 Å². The van der Waals surface area contributed by atoms with Crippen LogP contribution in [0.2, 0.25) is 0 Å². The lowest BCUT2D eigenvalue weighted by Crippen LogP contribution is -2.37. The lowest BCUT2D eigenvalue weighted by molar-refractivity contribution is -0.166. The van der Waals surface area contributed by atoms with Crippen molar-refractivity contribution in [1.29, 1.82) is 0 Å². The van der Waals surface area contributed by atoms with Crippen molar-refractivity contribution in [2.75, 3.05) is 0 Å². The molecule has 2 aromatic carbocycles. The maximum Gasteiger partial charge on any atom is 0.316 e. The summed E-state index contributed by atoms with van der Waals surface area (Å²) >= 11 is 0. The Bertz CT molecular complexity index is 1270. The standard InChI is InChI=1S/C40H62O4/c1-16-30(35(41)44-40(15,19-4)20-5)25-37(10,11)36(42)43-34-28(8)23-32(24-29(34)9)38(12,13)31-21-26(6)33(27(7)22-31)39(14,17-2)18-3/h21-24,30H,16-20,25H2,1-15H3. The third-order valence-electron chi connectivity index (χ3n) is 10.8. The Morgan fingerprint density at radius 3 is 1.50 bits per heavy atom. The number of aryl methyl sites for hydroxylation is 4. The summed E-state index contributed by atoms with van der Waals surface area (Å²) in [6, 6.07) is 9.05. The van der Waals surface area contributed by atoms with Gasteiger partial charge in [-0.1, -0.05) is 79.7 Å². The maximum atomic E-state index is 13.6. The second kappa shape index (κ2) is 14.2. The van der Waals surface area contributed by atoms with Crippen LogP contribution in [0, 0.1) is 39.0 Å². The molecule has 0 aliphatic rings. The van der Waals surface area contributed by atoms with Crippen LogP contribution < -0.4 is 4.74 Å². The first-order valence-corrected chi connectivity index (χ1v) is 16.9. The number of hydrogen-bond acceptors (Lipinski definition) is 4. The summed E-state index contributed by atoms with van der Waals surface area (Å²) in [6.07, 6.45) is 4.72. The van der Waals surface area contributed by atoms with Gasteiger partial charge < -0.3 is 9.47 Å². The largest absolute Gasteiger partial charge is 0.459 e. The van der Waals surface area contributed by atoms with E-state index >= 15 is 0 Å². The van der Waals surface area contributed by atoms with Crippen LogP contribution in [-0.4, -0.2) is 17.5 Å². The summed E-state index contributed by atoms with van der Waals surface area (Å²) in [7, 11) is 0. The maximum absolute atomic E-state index is 13.6. The molecule has 0 amide bonds. The van der Waals surface area contributed by atoms with Crippen LogP contribution in [0.4, 0.5) is 0 Å². The molecule has 0 radical (unpaired) electrons. The van der Waals surface area contributed by atoms with Gasteiger partial charge in [0.2, 0.25) is 0 Å². The van der Waals surface area contributed by atoms with E-state index in [0.29, 0.717) is 18.6 Å². The number of carbonyl (C=O) groups is 2. The van der Waals surface area contributed by atoms with Gasteiger partial charge in [-0.05, 0) is 131 Å². The summed E-state index contributed by atoms with van der Waals surface area (Å²) < 4.78 is 12.0. The van der Waals surface area contributed by atoms with Crippen LogP contribution in [0.15, 0.2) is 24.3 Å².